The summed E-state index contributed by atoms with van der Waals surface area (Å²) in [5.74, 6) is 0. The lowest BCUT2D eigenvalue weighted by Gasteiger charge is -2.37. The molecule has 0 amide bonds. The fraction of sp³-hybridized carbons (Fsp3) is 0.0169. The Morgan fingerprint density at radius 2 is 0.754 bits per heavy atom. The number of para-hydroxylation sites is 4. The van der Waals surface area contributed by atoms with Crippen molar-refractivity contribution in [1.82, 2.24) is 0 Å². The third-order valence-corrected chi connectivity index (χ3v) is 12.8. The Balaban J connectivity index is 1.24. The zero-order chi connectivity index (χ0) is 40.3. The summed E-state index contributed by atoms with van der Waals surface area (Å²) in [6, 6.07) is 89.1. The fourth-order valence-corrected chi connectivity index (χ4v) is 10.5. The molecule has 2 nitrogen and oxygen atoms in total. The van der Waals surface area contributed by atoms with Crippen molar-refractivity contribution in [3.8, 4) is 33.4 Å². The summed E-state index contributed by atoms with van der Waals surface area (Å²) in [4.78, 5) is 4.97. The van der Waals surface area contributed by atoms with Gasteiger partial charge in [0.1, 0.15) is 0 Å². The van der Waals surface area contributed by atoms with E-state index in [1.54, 1.807) is 0 Å². The second-order valence-corrected chi connectivity index (χ2v) is 16.0. The SMILES string of the molecule is c1ccc(-c2ccccc2N(c2ccccc2)c2cc3ccccc3c3c2C2(c4ccccc4-c4c(N(c5ccccc5)c5ccccc5)cccc42)c2ccccc2-3)cc1. The van der Waals surface area contributed by atoms with Crippen LogP contribution in [0.2, 0.25) is 0 Å². The van der Waals surface area contributed by atoms with Gasteiger partial charge >= 0.3 is 0 Å². The van der Waals surface area contributed by atoms with Gasteiger partial charge in [-0.1, -0.05) is 188 Å². The highest BCUT2D eigenvalue weighted by molar-refractivity contribution is 6.12. The Labute approximate surface area is 356 Å². The largest absolute Gasteiger partial charge is 0.310 e. The Kier molecular flexibility index (Phi) is 8.11. The number of fused-ring (bicyclic) bond motifs is 12. The van der Waals surface area contributed by atoms with Crippen LogP contribution >= 0.6 is 0 Å². The van der Waals surface area contributed by atoms with Gasteiger partial charge in [-0.2, -0.15) is 0 Å². The molecule has 61 heavy (non-hydrogen) atoms. The first-order valence-electron chi connectivity index (χ1n) is 21.1. The first kappa shape index (κ1) is 35.0. The summed E-state index contributed by atoms with van der Waals surface area (Å²) in [6.07, 6.45) is 0. The quantitative estimate of drug-likeness (QED) is 0.159. The molecule has 10 aromatic rings. The van der Waals surface area contributed by atoms with Crippen LogP contribution in [0.1, 0.15) is 22.3 Å². The normalized spacial score (nSPS) is 14.3. The van der Waals surface area contributed by atoms with E-state index >= 15 is 0 Å². The smallest absolute Gasteiger partial charge is 0.0747 e. The van der Waals surface area contributed by atoms with Gasteiger partial charge in [0.15, 0.2) is 0 Å². The van der Waals surface area contributed by atoms with Crippen molar-refractivity contribution in [2.75, 3.05) is 9.80 Å². The minimum Gasteiger partial charge on any atom is -0.310 e. The van der Waals surface area contributed by atoms with Gasteiger partial charge in [0.2, 0.25) is 0 Å². The molecule has 10 aromatic carbocycles. The van der Waals surface area contributed by atoms with Crippen molar-refractivity contribution in [3.05, 3.63) is 265 Å². The van der Waals surface area contributed by atoms with E-state index in [4.69, 9.17) is 0 Å². The maximum atomic E-state index is 2.53. The zero-order valence-corrected chi connectivity index (χ0v) is 33.5. The summed E-state index contributed by atoms with van der Waals surface area (Å²) in [6.45, 7) is 0. The zero-order valence-electron chi connectivity index (χ0n) is 33.5. The predicted octanol–water partition coefficient (Wildman–Crippen LogP) is 15.8. The maximum Gasteiger partial charge on any atom is 0.0747 e. The average Bonchev–Trinajstić information content (AvgIpc) is 3.82. The maximum absolute atomic E-state index is 2.53. The van der Waals surface area contributed by atoms with Gasteiger partial charge in [-0.25, -0.2) is 0 Å². The van der Waals surface area contributed by atoms with Crippen molar-refractivity contribution in [3.63, 3.8) is 0 Å². The van der Waals surface area contributed by atoms with Crippen LogP contribution in [0.5, 0.6) is 0 Å². The molecule has 0 radical (unpaired) electrons. The summed E-state index contributed by atoms with van der Waals surface area (Å²) in [7, 11) is 0. The van der Waals surface area contributed by atoms with Gasteiger partial charge in [0.05, 0.1) is 22.5 Å². The standard InChI is InChI=1S/C59H40N2/c1-5-22-41(23-6-1)46-31-17-20-38-53(46)61(45-29-11-4-12-30-45)55-40-42-24-13-14-32-47(42)56-48-33-15-18-35-50(48)59(58(55)56)51-36-19-16-34-49(51)57-52(59)37-21-39-54(57)60(43-25-7-2-8-26-43)44-27-9-3-10-28-44/h1-40H. The first-order valence-corrected chi connectivity index (χ1v) is 21.1. The predicted molar refractivity (Wildman–Crippen MR) is 255 cm³/mol. The molecule has 2 aliphatic carbocycles. The second-order valence-electron chi connectivity index (χ2n) is 16.0. The van der Waals surface area contributed by atoms with Crippen molar-refractivity contribution >= 4 is 44.9 Å². The number of benzene rings is 10. The van der Waals surface area contributed by atoms with Crippen LogP contribution in [0.25, 0.3) is 44.2 Å². The molecule has 1 unspecified atom stereocenters. The number of anilines is 6. The molecule has 0 saturated carbocycles. The molecule has 2 aliphatic rings. The number of hydrogen-bond donors (Lipinski definition) is 0. The highest BCUT2D eigenvalue weighted by Crippen LogP contribution is 2.68. The highest BCUT2D eigenvalue weighted by Gasteiger charge is 2.54. The first-order chi connectivity index (χ1) is 30.3. The third-order valence-electron chi connectivity index (χ3n) is 12.8. The van der Waals surface area contributed by atoms with Crippen LogP contribution in [-0.4, -0.2) is 0 Å². The fourth-order valence-electron chi connectivity index (χ4n) is 10.5. The van der Waals surface area contributed by atoms with Crippen molar-refractivity contribution < 1.29 is 0 Å². The van der Waals surface area contributed by atoms with Gasteiger partial charge in [0.25, 0.3) is 0 Å². The van der Waals surface area contributed by atoms with E-state index in [9.17, 15) is 0 Å². The van der Waals surface area contributed by atoms with Crippen molar-refractivity contribution in [1.29, 1.82) is 0 Å². The molecular formula is C59H40N2. The molecule has 1 spiro atoms. The molecule has 286 valence electrons. The summed E-state index contributed by atoms with van der Waals surface area (Å²) in [5, 5.41) is 2.47. The molecule has 0 heterocycles. The molecule has 0 aliphatic heterocycles. The molecule has 0 fully saturated rings. The van der Waals surface area contributed by atoms with Gasteiger partial charge in [-0.3, -0.25) is 0 Å². The van der Waals surface area contributed by atoms with Crippen LogP contribution in [-0.2, 0) is 5.41 Å². The molecule has 0 N–H and O–H groups in total. The van der Waals surface area contributed by atoms with Gasteiger partial charge in [-0.05, 0) is 104 Å². The summed E-state index contributed by atoms with van der Waals surface area (Å²) < 4.78 is 0. The summed E-state index contributed by atoms with van der Waals surface area (Å²) >= 11 is 0. The number of nitrogens with zero attached hydrogens (tertiary/aromatic N) is 2. The topological polar surface area (TPSA) is 6.48 Å². The Bertz CT molecular complexity index is 3210. The van der Waals surface area contributed by atoms with Gasteiger partial charge < -0.3 is 9.80 Å². The lowest BCUT2D eigenvalue weighted by atomic mass is 9.69. The van der Waals surface area contributed by atoms with E-state index < -0.39 is 5.41 Å². The molecular weight excluding hydrogens is 737 g/mol. The van der Waals surface area contributed by atoms with Crippen LogP contribution in [0.4, 0.5) is 34.1 Å². The lowest BCUT2D eigenvalue weighted by Crippen LogP contribution is -2.28. The number of rotatable bonds is 7. The molecule has 2 heteroatoms. The molecule has 0 aromatic heterocycles. The lowest BCUT2D eigenvalue weighted by molar-refractivity contribution is 0.793. The van der Waals surface area contributed by atoms with E-state index in [0.29, 0.717) is 0 Å². The minimum atomic E-state index is -0.652. The van der Waals surface area contributed by atoms with Crippen LogP contribution < -0.4 is 9.80 Å². The van der Waals surface area contributed by atoms with E-state index in [1.165, 1.54) is 66.4 Å². The third kappa shape index (κ3) is 5.22. The van der Waals surface area contributed by atoms with Crippen LogP contribution in [0.15, 0.2) is 243 Å². The van der Waals surface area contributed by atoms with Crippen molar-refractivity contribution in [2.45, 2.75) is 5.41 Å². The van der Waals surface area contributed by atoms with E-state index in [-0.39, 0.29) is 0 Å². The highest BCUT2D eigenvalue weighted by atomic mass is 15.2. The number of hydrogen-bond acceptors (Lipinski definition) is 2. The van der Waals surface area contributed by atoms with E-state index in [0.717, 1.165) is 34.1 Å². The Morgan fingerprint density at radius 3 is 1.39 bits per heavy atom. The molecule has 12 rings (SSSR count). The molecule has 0 saturated heterocycles. The minimum absolute atomic E-state index is 0.652. The molecule has 1 atom stereocenters. The van der Waals surface area contributed by atoms with Gasteiger partial charge in [-0.15, -0.1) is 0 Å². The van der Waals surface area contributed by atoms with Crippen LogP contribution in [0, 0.1) is 0 Å². The Hall–Kier alpha value is -7.94. The average molecular weight is 777 g/mol. The monoisotopic (exact) mass is 776 g/mol. The van der Waals surface area contributed by atoms with Crippen LogP contribution in [0.3, 0.4) is 0 Å². The Morgan fingerprint density at radius 1 is 0.295 bits per heavy atom. The van der Waals surface area contributed by atoms with E-state index in [2.05, 4.69) is 252 Å². The summed E-state index contributed by atoms with van der Waals surface area (Å²) in [5.41, 5.74) is 18.7. The van der Waals surface area contributed by atoms with E-state index in [1.807, 2.05) is 0 Å². The van der Waals surface area contributed by atoms with Gasteiger partial charge in [0, 0.05) is 33.8 Å². The second kappa shape index (κ2) is 14.1. The molecule has 0 bridgehead atoms. The van der Waals surface area contributed by atoms with Crippen molar-refractivity contribution in [2.24, 2.45) is 0 Å².